The van der Waals surface area contributed by atoms with Gasteiger partial charge in [-0.2, -0.15) is 0 Å². The van der Waals surface area contributed by atoms with E-state index in [4.69, 9.17) is 30.9 Å². The highest BCUT2D eigenvalue weighted by Gasteiger charge is 2.31. The third-order valence-electron chi connectivity index (χ3n) is 5.88. The highest BCUT2D eigenvalue weighted by Crippen LogP contribution is 2.35. The van der Waals surface area contributed by atoms with E-state index in [9.17, 15) is 10.2 Å². The maximum Gasteiger partial charge on any atom is 0.119 e. The third-order valence-corrected chi connectivity index (χ3v) is 6.25. The first-order valence-electron chi connectivity index (χ1n) is 11.7. The molecular formula is C26H35ClO6. The monoisotopic (exact) mass is 478 g/mol. The molecule has 7 heteroatoms. The summed E-state index contributed by atoms with van der Waals surface area (Å²) >= 11 is 6.50. The zero-order chi connectivity index (χ0) is 23.6. The zero-order valence-electron chi connectivity index (χ0n) is 19.2. The number of aliphatic hydroxyl groups excluding tert-OH is 3. The summed E-state index contributed by atoms with van der Waals surface area (Å²) in [5.74, 6) is 0.851. The van der Waals surface area contributed by atoms with Gasteiger partial charge in [0.2, 0.25) is 0 Å². The molecule has 6 nitrogen and oxygen atoms in total. The molecule has 0 bridgehead atoms. The fourth-order valence-corrected chi connectivity index (χ4v) is 4.31. The van der Waals surface area contributed by atoms with Gasteiger partial charge < -0.3 is 29.5 Å². The van der Waals surface area contributed by atoms with Crippen molar-refractivity contribution in [2.45, 2.75) is 63.4 Å². The molecule has 0 saturated carbocycles. The third kappa shape index (κ3) is 7.95. The minimum Gasteiger partial charge on any atom is -0.494 e. The Morgan fingerprint density at radius 3 is 2.61 bits per heavy atom. The second kappa shape index (κ2) is 13.3. The summed E-state index contributed by atoms with van der Waals surface area (Å²) in [6.45, 7) is 2.80. The minimum absolute atomic E-state index is 0.0441. The van der Waals surface area contributed by atoms with Crippen molar-refractivity contribution in [3.05, 3.63) is 64.2 Å². The van der Waals surface area contributed by atoms with Crippen LogP contribution >= 0.6 is 11.6 Å². The molecule has 4 unspecified atom stereocenters. The summed E-state index contributed by atoms with van der Waals surface area (Å²) in [6, 6.07) is 14.0. The number of halogens is 1. The van der Waals surface area contributed by atoms with Gasteiger partial charge in [-0.05, 0) is 61.1 Å². The van der Waals surface area contributed by atoms with Gasteiger partial charge in [0.05, 0.1) is 44.2 Å². The van der Waals surface area contributed by atoms with Crippen molar-refractivity contribution in [3.8, 4) is 5.75 Å². The van der Waals surface area contributed by atoms with E-state index < -0.39 is 6.10 Å². The number of rotatable bonds is 12. The van der Waals surface area contributed by atoms with Crippen molar-refractivity contribution in [2.24, 2.45) is 0 Å². The summed E-state index contributed by atoms with van der Waals surface area (Å²) in [7, 11) is 0. The molecule has 1 aliphatic heterocycles. The fraction of sp³-hybridized carbons (Fsp3) is 0.538. The first kappa shape index (κ1) is 25.9. The van der Waals surface area contributed by atoms with E-state index in [1.54, 1.807) is 0 Å². The van der Waals surface area contributed by atoms with Crippen LogP contribution in [0.15, 0.2) is 42.5 Å². The molecule has 0 radical (unpaired) electrons. The molecule has 1 fully saturated rings. The minimum atomic E-state index is -0.705. The first-order valence-corrected chi connectivity index (χ1v) is 12.1. The molecule has 2 aromatic carbocycles. The second-order valence-corrected chi connectivity index (χ2v) is 8.88. The molecule has 1 saturated heterocycles. The van der Waals surface area contributed by atoms with Crippen molar-refractivity contribution in [2.75, 3.05) is 26.4 Å². The summed E-state index contributed by atoms with van der Waals surface area (Å²) in [6.07, 6.45) is 1.94. The van der Waals surface area contributed by atoms with E-state index in [2.05, 4.69) is 6.07 Å². The van der Waals surface area contributed by atoms with Crippen LogP contribution in [0.5, 0.6) is 5.75 Å². The highest BCUT2D eigenvalue weighted by atomic mass is 35.5. The van der Waals surface area contributed by atoms with Crippen molar-refractivity contribution >= 4 is 11.6 Å². The Labute approximate surface area is 201 Å². The summed E-state index contributed by atoms with van der Waals surface area (Å²) in [5, 5.41) is 28.8. The van der Waals surface area contributed by atoms with Gasteiger partial charge >= 0.3 is 0 Å². The van der Waals surface area contributed by atoms with Crippen molar-refractivity contribution in [1.82, 2.24) is 0 Å². The predicted molar refractivity (Wildman–Crippen MR) is 128 cm³/mol. The number of benzene rings is 2. The van der Waals surface area contributed by atoms with Gasteiger partial charge in [-0.1, -0.05) is 35.9 Å². The van der Waals surface area contributed by atoms with Crippen LogP contribution < -0.4 is 4.74 Å². The van der Waals surface area contributed by atoms with Crippen molar-refractivity contribution < 1.29 is 29.5 Å². The average molecular weight is 479 g/mol. The van der Waals surface area contributed by atoms with Gasteiger partial charge in [0.15, 0.2) is 0 Å². The molecule has 4 atom stereocenters. The molecule has 33 heavy (non-hydrogen) atoms. The highest BCUT2D eigenvalue weighted by molar-refractivity contribution is 6.31. The van der Waals surface area contributed by atoms with Gasteiger partial charge in [-0.25, -0.2) is 0 Å². The summed E-state index contributed by atoms with van der Waals surface area (Å²) in [4.78, 5) is 0. The molecule has 0 spiro atoms. The van der Waals surface area contributed by atoms with E-state index in [1.807, 2.05) is 43.3 Å². The van der Waals surface area contributed by atoms with E-state index >= 15 is 0 Å². The number of aliphatic hydroxyl groups is 3. The van der Waals surface area contributed by atoms with Crippen LogP contribution in [0.25, 0.3) is 0 Å². The number of hydrogen-bond acceptors (Lipinski definition) is 6. The summed E-state index contributed by atoms with van der Waals surface area (Å²) < 4.78 is 17.7. The van der Waals surface area contributed by atoms with Gasteiger partial charge in [0.1, 0.15) is 5.75 Å². The Balaban J connectivity index is 1.65. The predicted octanol–water partition coefficient (Wildman–Crippen LogP) is 4.06. The molecule has 3 rings (SSSR count). The SMILES string of the molecule is CCOc1ccc(Cc2cc(C3CC(OCCCC(O)CO)CC(CO)O3)ccc2Cl)cc1. The van der Waals surface area contributed by atoms with Crippen LogP contribution in [0.4, 0.5) is 0 Å². The maximum absolute atomic E-state index is 9.73. The van der Waals surface area contributed by atoms with Crippen molar-refractivity contribution in [3.63, 3.8) is 0 Å². The Morgan fingerprint density at radius 2 is 1.91 bits per heavy atom. The first-order chi connectivity index (χ1) is 16.0. The standard InChI is InChI=1S/C26H35ClO6/c1-2-31-22-8-5-18(6-9-22)12-20-13-19(7-10-25(20)27)26-15-23(14-24(17-29)33-26)32-11-3-4-21(30)16-28/h5-10,13,21,23-24,26,28-30H,2-4,11-12,14-17H2,1H3. The van der Waals surface area contributed by atoms with Gasteiger partial charge in [0.25, 0.3) is 0 Å². The quantitative estimate of drug-likeness (QED) is 0.399. The van der Waals surface area contributed by atoms with Gasteiger partial charge in [-0.3, -0.25) is 0 Å². The second-order valence-electron chi connectivity index (χ2n) is 8.48. The normalized spacial score (nSPS) is 21.7. The molecule has 3 N–H and O–H groups in total. The van der Waals surface area contributed by atoms with E-state index in [-0.39, 0.29) is 31.5 Å². The average Bonchev–Trinajstić information content (AvgIpc) is 2.84. The molecule has 1 aliphatic rings. The van der Waals surface area contributed by atoms with Crippen LogP contribution in [0, 0.1) is 0 Å². The van der Waals surface area contributed by atoms with Crippen LogP contribution in [0.2, 0.25) is 5.02 Å². The molecule has 0 aliphatic carbocycles. The lowest BCUT2D eigenvalue weighted by molar-refractivity contribution is -0.130. The van der Waals surface area contributed by atoms with Crippen LogP contribution in [-0.4, -0.2) is 60.1 Å². The Bertz CT molecular complexity index is 843. The molecule has 2 aromatic rings. The lowest BCUT2D eigenvalue weighted by Crippen LogP contribution is -2.35. The Morgan fingerprint density at radius 1 is 1.12 bits per heavy atom. The van der Waals surface area contributed by atoms with Crippen LogP contribution in [-0.2, 0) is 15.9 Å². The smallest absolute Gasteiger partial charge is 0.119 e. The van der Waals surface area contributed by atoms with Crippen LogP contribution in [0.3, 0.4) is 0 Å². The van der Waals surface area contributed by atoms with E-state index in [0.717, 1.165) is 22.4 Å². The lowest BCUT2D eigenvalue weighted by atomic mass is 9.94. The van der Waals surface area contributed by atoms with E-state index in [1.165, 1.54) is 0 Å². The molecular weight excluding hydrogens is 444 g/mol. The number of ether oxygens (including phenoxy) is 3. The maximum atomic E-state index is 9.73. The summed E-state index contributed by atoms with van der Waals surface area (Å²) in [5.41, 5.74) is 3.17. The Kier molecular flexibility index (Phi) is 10.4. The molecule has 0 amide bonds. The van der Waals surface area contributed by atoms with Crippen molar-refractivity contribution in [1.29, 1.82) is 0 Å². The lowest BCUT2D eigenvalue weighted by Gasteiger charge is -2.35. The molecule has 182 valence electrons. The Hall–Kier alpha value is -1.67. The molecule has 0 aromatic heterocycles. The van der Waals surface area contributed by atoms with Gasteiger partial charge in [-0.15, -0.1) is 0 Å². The fourth-order valence-electron chi connectivity index (χ4n) is 4.12. The molecule has 1 heterocycles. The van der Waals surface area contributed by atoms with E-state index in [0.29, 0.717) is 50.3 Å². The zero-order valence-corrected chi connectivity index (χ0v) is 19.9. The number of hydrogen-bond donors (Lipinski definition) is 3. The topological polar surface area (TPSA) is 88.4 Å². The van der Waals surface area contributed by atoms with Crippen LogP contribution in [0.1, 0.15) is 55.4 Å². The van der Waals surface area contributed by atoms with Gasteiger partial charge in [0, 0.05) is 24.5 Å². The largest absolute Gasteiger partial charge is 0.494 e.